The summed E-state index contributed by atoms with van der Waals surface area (Å²) in [6, 6.07) is 10.5. The topological polar surface area (TPSA) is 64.6 Å². The molecule has 0 fully saturated rings. The Labute approximate surface area is 138 Å². The minimum absolute atomic E-state index is 0.130. The highest BCUT2D eigenvalue weighted by Gasteiger charge is 2.14. The highest BCUT2D eigenvalue weighted by atomic mass is 19.1. The number of ether oxygens (including phenoxy) is 2. The summed E-state index contributed by atoms with van der Waals surface area (Å²) >= 11 is 0. The van der Waals surface area contributed by atoms with Crippen LogP contribution >= 0.6 is 0 Å². The Balaban J connectivity index is 1.54. The number of benzene rings is 2. The van der Waals surface area contributed by atoms with E-state index in [1.54, 1.807) is 18.2 Å². The lowest BCUT2D eigenvalue weighted by Crippen LogP contribution is -2.30. The number of hydrogen-bond donors (Lipinski definition) is 1. The number of halogens is 1. The van der Waals surface area contributed by atoms with Crippen LogP contribution in [0.4, 0.5) is 4.39 Å². The maximum Gasteiger partial charge on any atom is 0.224 e. The second kappa shape index (κ2) is 7.12. The van der Waals surface area contributed by atoms with E-state index < -0.39 is 5.82 Å². The third-order valence-electron chi connectivity index (χ3n) is 3.58. The second-order valence-electron chi connectivity index (χ2n) is 5.36. The first kappa shape index (κ1) is 16.0. The van der Waals surface area contributed by atoms with E-state index in [1.165, 1.54) is 24.3 Å². The molecule has 1 N–H and O–H groups in total. The van der Waals surface area contributed by atoms with E-state index in [-0.39, 0.29) is 24.7 Å². The molecule has 0 unspecified atom stereocenters. The average molecular weight is 329 g/mol. The standard InChI is InChI=1S/C18H16FNO4/c19-14-4-2-13(3-5-14)15(21)11-20-18(22)10-12-1-6-16-17(9-12)24-8-7-23-16/h1-6,9H,7-8,10-11H2,(H,20,22). The largest absolute Gasteiger partial charge is 0.486 e. The summed E-state index contributed by atoms with van der Waals surface area (Å²) in [4.78, 5) is 23.9. The SMILES string of the molecule is O=C(Cc1ccc2c(c1)OCCO2)NCC(=O)c1ccc(F)cc1. The molecule has 24 heavy (non-hydrogen) atoms. The highest BCUT2D eigenvalue weighted by Crippen LogP contribution is 2.30. The number of amides is 1. The van der Waals surface area contributed by atoms with Gasteiger partial charge in [-0.05, 0) is 42.0 Å². The summed E-state index contributed by atoms with van der Waals surface area (Å²) in [5.74, 6) is 0.327. The molecule has 1 aliphatic heterocycles. The molecule has 2 aromatic rings. The van der Waals surface area contributed by atoms with E-state index in [1.807, 2.05) is 0 Å². The number of rotatable bonds is 5. The molecule has 5 nitrogen and oxygen atoms in total. The van der Waals surface area contributed by atoms with Crippen molar-refractivity contribution in [3.8, 4) is 11.5 Å². The molecule has 0 saturated heterocycles. The van der Waals surface area contributed by atoms with Crippen LogP contribution in [-0.4, -0.2) is 31.4 Å². The molecule has 124 valence electrons. The molecule has 1 heterocycles. The molecule has 1 amide bonds. The average Bonchev–Trinajstić information content (AvgIpc) is 2.60. The molecule has 0 aliphatic carbocycles. The first-order chi connectivity index (χ1) is 11.6. The molecule has 2 aromatic carbocycles. The molecule has 0 saturated carbocycles. The number of Topliss-reactive ketones (excluding diaryl/α,β-unsaturated/α-hetero) is 1. The number of carbonyl (C=O) groups is 2. The normalized spacial score (nSPS) is 12.5. The molecule has 3 rings (SSSR count). The summed E-state index contributed by atoms with van der Waals surface area (Å²) in [5, 5.41) is 2.57. The monoisotopic (exact) mass is 329 g/mol. The van der Waals surface area contributed by atoms with Gasteiger partial charge in [0.1, 0.15) is 19.0 Å². The summed E-state index contributed by atoms with van der Waals surface area (Å²) in [6.45, 7) is 0.863. The lowest BCUT2D eigenvalue weighted by molar-refractivity contribution is -0.120. The Morgan fingerprint density at radius 2 is 1.71 bits per heavy atom. The smallest absolute Gasteiger partial charge is 0.224 e. The molecule has 1 aliphatic rings. The van der Waals surface area contributed by atoms with Crippen LogP contribution in [0.25, 0.3) is 0 Å². The molecule has 0 aromatic heterocycles. The lowest BCUT2D eigenvalue weighted by Gasteiger charge is -2.18. The third kappa shape index (κ3) is 3.90. The van der Waals surface area contributed by atoms with Crippen molar-refractivity contribution >= 4 is 11.7 Å². The van der Waals surface area contributed by atoms with Crippen LogP contribution in [0.2, 0.25) is 0 Å². The van der Waals surface area contributed by atoms with Gasteiger partial charge in [-0.2, -0.15) is 0 Å². The molecule has 0 bridgehead atoms. The Morgan fingerprint density at radius 1 is 1.00 bits per heavy atom. The van der Waals surface area contributed by atoms with Gasteiger partial charge in [0, 0.05) is 5.56 Å². The zero-order chi connectivity index (χ0) is 16.9. The molecular formula is C18H16FNO4. The Hall–Kier alpha value is -2.89. The Morgan fingerprint density at radius 3 is 2.46 bits per heavy atom. The Kier molecular flexibility index (Phi) is 4.74. The van der Waals surface area contributed by atoms with Crippen molar-refractivity contribution in [2.45, 2.75) is 6.42 Å². The van der Waals surface area contributed by atoms with Gasteiger partial charge in [0.25, 0.3) is 0 Å². The first-order valence-electron chi connectivity index (χ1n) is 7.56. The summed E-state index contributed by atoms with van der Waals surface area (Å²) < 4.78 is 23.7. The summed E-state index contributed by atoms with van der Waals surface area (Å²) in [5.41, 5.74) is 1.13. The van der Waals surface area contributed by atoms with Crippen molar-refractivity contribution in [3.63, 3.8) is 0 Å². The van der Waals surface area contributed by atoms with Crippen molar-refractivity contribution < 1.29 is 23.5 Å². The highest BCUT2D eigenvalue weighted by molar-refractivity contribution is 5.99. The van der Waals surface area contributed by atoms with Gasteiger partial charge in [-0.15, -0.1) is 0 Å². The third-order valence-corrected chi connectivity index (χ3v) is 3.58. The summed E-state index contributed by atoms with van der Waals surface area (Å²) in [7, 11) is 0. The van der Waals surface area contributed by atoms with E-state index in [0.29, 0.717) is 30.3 Å². The number of ketones is 1. The Bertz CT molecular complexity index is 758. The van der Waals surface area contributed by atoms with Crippen LogP contribution in [-0.2, 0) is 11.2 Å². The van der Waals surface area contributed by atoms with Crippen LogP contribution in [0, 0.1) is 5.82 Å². The van der Waals surface area contributed by atoms with Gasteiger partial charge < -0.3 is 14.8 Å². The minimum atomic E-state index is -0.408. The van der Waals surface area contributed by atoms with Crippen LogP contribution in [0.5, 0.6) is 11.5 Å². The van der Waals surface area contributed by atoms with E-state index >= 15 is 0 Å². The summed E-state index contributed by atoms with van der Waals surface area (Å²) in [6.07, 6.45) is 0.132. The fraction of sp³-hybridized carbons (Fsp3) is 0.222. The van der Waals surface area contributed by atoms with Crippen LogP contribution in [0.1, 0.15) is 15.9 Å². The maximum absolute atomic E-state index is 12.8. The van der Waals surface area contributed by atoms with Gasteiger partial charge in [0.2, 0.25) is 5.91 Å². The van der Waals surface area contributed by atoms with E-state index in [9.17, 15) is 14.0 Å². The van der Waals surface area contributed by atoms with Gasteiger partial charge in [-0.25, -0.2) is 4.39 Å². The van der Waals surface area contributed by atoms with Gasteiger partial charge >= 0.3 is 0 Å². The number of hydrogen-bond acceptors (Lipinski definition) is 4. The van der Waals surface area contributed by atoms with Gasteiger partial charge in [0.05, 0.1) is 13.0 Å². The molecule has 0 radical (unpaired) electrons. The maximum atomic E-state index is 12.8. The van der Waals surface area contributed by atoms with Crippen molar-refractivity contribution in [1.29, 1.82) is 0 Å². The van der Waals surface area contributed by atoms with Crippen LogP contribution in [0.15, 0.2) is 42.5 Å². The molecule has 0 spiro atoms. The quantitative estimate of drug-likeness (QED) is 0.854. The fourth-order valence-corrected chi connectivity index (χ4v) is 2.36. The number of carbonyl (C=O) groups excluding carboxylic acids is 2. The van der Waals surface area contributed by atoms with Crippen LogP contribution in [0.3, 0.4) is 0 Å². The van der Waals surface area contributed by atoms with E-state index in [4.69, 9.17) is 9.47 Å². The van der Waals surface area contributed by atoms with Gasteiger partial charge in [0.15, 0.2) is 17.3 Å². The predicted molar refractivity (Wildman–Crippen MR) is 84.9 cm³/mol. The van der Waals surface area contributed by atoms with Crippen molar-refractivity contribution in [3.05, 3.63) is 59.4 Å². The van der Waals surface area contributed by atoms with Crippen LogP contribution < -0.4 is 14.8 Å². The zero-order valence-electron chi connectivity index (χ0n) is 12.9. The van der Waals surface area contributed by atoms with E-state index in [0.717, 1.165) is 5.56 Å². The lowest BCUT2D eigenvalue weighted by atomic mass is 10.1. The van der Waals surface area contributed by atoms with Crippen molar-refractivity contribution in [2.75, 3.05) is 19.8 Å². The van der Waals surface area contributed by atoms with Crippen molar-refractivity contribution in [2.24, 2.45) is 0 Å². The fourth-order valence-electron chi connectivity index (χ4n) is 2.36. The molecule has 6 heteroatoms. The van der Waals surface area contributed by atoms with E-state index in [2.05, 4.69) is 5.32 Å². The molecular weight excluding hydrogens is 313 g/mol. The minimum Gasteiger partial charge on any atom is -0.486 e. The molecule has 0 atom stereocenters. The predicted octanol–water partition coefficient (Wildman–Crippen LogP) is 2.14. The second-order valence-corrected chi connectivity index (χ2v) is 5.36. The van der Waals surface area contributed by atoms with Crippen molar-refractivity contribution in [1.82, 2.24) is 5.32 Å². The number of nitrogens with one attached hydrogen (secondary N) is 1. The first-order valence-corrected chi connectivity index (χ1v) is 7.56. The zero-order valence-corrected chi connectivity index (χ0v) is 12.9. The number of fused-ring (bicyclic) bond motifs is 1. The van der Waals surface area contributed by atoms with Gasteiger partial charge in [-0.1, -0.05) is 6.07 Å². The van der Waals surface area contributed by atoms with Gasteiger partial charge in [-0.3, -0.25) is 9.59 Å².